The van der Waals surface area contributed by atoms with Gasteiger partial charge in [0.1, 0.15) is 5.75 Å². The highest BCUT2D eigenvalue weighted by Crippen LogP contribution is 2.20. The minimum atomic E-state index is -0.179. The van der Waals surface area contributed by atoms with Crippen LogP contribution in [0.5, 0.6) is 5.75 Å². The zero-order valence-electron chi connectivity index (χ0n) is 13.2. The number of ether oxygens (including phenoxy) is 1. The number of nitrogen functional groups attached to an aromatic ring is 1. The third-order valence-corrected chi connectivity index (χ3v) is 3.69. The van der Waals surface area contributed by atoms with Crippen molar-refractivity contribution < 1.29 is 9.53 Å². The van der Waals surface area contributed by atoms with E-state index in [4.69, 9.17) is 10.5 Å². The SMILES string of the molecule is COc1ccccc1CNC(=O)/C=C/c1ccc2[nH]nc(N)c2c1. The smallest absolute Gasteiger partial charge is 0.244 e. The predicted octanol–water partition coefficient (Wildman–Crippen LogP) is 2.48. The van der Waals surface area contributed by atoms with Gasteiger partial charge in [-0.15, -0.1) is 0 Å². The molecule has 122 valence electrons. The number of benzene rings is 2. The maximum Gasteiger partial charge on any atom is 0.244 e. The van der Waals surface area contributed by atoms with Crippen LogP contribution in [0.2, 0.25) is 0 Å². The van der Waals surface area contributed by atoms with Crippen molar-refractivity contribution in [3.8, 4) is 5.75 Å². The lowest BCUT2D eigenvalue weighted by molar-refractivity contribution is -0.116. The van der Waals surface area contributed by atoms with Crippen molar-refractivity contribution in [2.45, 2.75) is 6.54 Å². The van der Waals surface area contributed by atoms with Gasteiger partial charge >= 0.3 is 0 Å². The second-order valence-electron chi connectivity index (χ2n) is 5.28. The first-order chi connectivity index (χ1) is 11.7. The molecule has 0 bridgehead atoms. The molecule has 0 aliphatic rings. The van der Waals surface area contributed by atoms with Gasteiger partial charge in [-0.1, -0.05) is 24.3 Å². The third-order valence-electron chi connectivity index (χ3n) is 3.69. The van der Waals surface area contributed by atoms with Crippen molar-refractivity contribution in [1.29, 1.82) is 0 Å². The fraction of sp³-hybridized carbons (Fsp3) is 0.111. The van der Waals surface area contributed by atoms with Crippen molar-refractivity contribution in [3.05, 3.63) is 59.7 Å². The summed E-state index contributed by atoms with van der Waals surface area (Å²) in [7, 11) is 1.61. The lowest BCUT2D eigenvalue weighted by atomic mass is 10.1. The number of nitrogens with two attached hydrogens (primary N) is 1. The van der Waals surface area contributed by atoms with Crippen LogP contribution in [0.3, 0.4) is 0 Å². The van der Waals surface area contributed by atoms with Gasteiger partial charge in [-0.25, -0.2) is 0 Å². The van der Waals surface area contributed by atoms with Crippen molar-refractivity contribution in [2.24, 2.45) is 0 Å². The molecule has 0 radical (unpaired) electrons. The third kappa shape index (κ3) is 3.38. The molecule has 0 atom stereocenters. The number of rotatable bonds is 5. The Morgan fingerprint density at radius 2 is 2.17 bits per heavy atom. The number of aromatic amines is 1. The van der Waals surface area contributed by atoms with Crippen LogP contribution in [-0.4, -0.2) is 23.2 Å². The average Bonchev–Trinajstić information content (AvgIpc) is 2.99. The van der Waals surface area contributed by atoms with E-state index >= 15 is 0 Å². The van der Waals surface area contributed by atoms with Gasteiger partial charge in [-0.3, -0.25) is 9.89 Å². The number of para-hydroxylation sites is 1. The topological polar surface area (TPSA) is 93.0 Å². The Balaban J connectivity index is 1.65. The molecule has 0 fully saturated rings. The zero-order chi connectivity index (χ0) is 16.9. The Bertz CT molecular complexity index is 899. The Morgan fingerprint density at radius 1 is 1.33 bits per heavy atom. The van der Waals surface area contributed by atoms with Gasteiger partial charge in [-0.05, 0) is 29.8 Å². The molecule has 3 rings (SSSR count). The molecule has 24 heavy (non-hydrogen) atoms. The lowest BCUT2D eigenvalue weighted by Crippen LogP contribution is -2.20. The summed E-state index contributed by atoms with van der Waals surface area (Å²) >= 11 is 0. The van der Waals surface area contributed by atoms with Crippen LogP contribution < -0.4 is 15.8 Å². The van der Waals surface area contributed by atoms with E-state index in [2.05, 4.69) is 15.5 Å². The Kier molecular flexibility index (Phi) is 4.47. The summed E-state index contributed by atoms with van der Waals surface area (Å²) in [5.41, 5.74) is 8.45. The van der Waals surface area contributed by atoms with E-state index in [1.165, 1.54) is 6.08 Å². The molecule has 2 aromatic carbocycles. The normalized spacial score (nSPS) is 11.0. The van der Waals surface area contributed by atoms with Gasteiger partial charge < -0.3 is 15.8 Å². The van der Waals surface area contributed by atoms with Crippen molar-refractivity contribution in [1.82, 2.24) is 15.5 Å². The predicted molar refractivity (Wildman–Crippen MR) is 94.4 cm³/mol. The summed E-state index contributed by atoms with van der Waals surface area (Å²) in [5.74, 6) is 1.02. The molecule has 0 aliphatic carbocycles. The first-order valence-corrected chi connectivity index (χ1v) is 7.49. The highest BCUT2D eigenvalue weighted by Gasteiger charge is 2.04. The first-order valence-electron chi connectivity index (χ1n) is 7.49. The van der Waals surface area contributed by atoms with Gasteiger partial charge in [0.2, 0.25) is 5.91 Å². The summed E-state index contributed by atoms with van der Waals surface area (Å²) in [6.07, 6.45) is 3.23. The minimum Gasteiger partial charge on any atom is -0.496 e. The molecule has 6 nitrogen and oxygen atoms in total. The molecule has 0 spiro atoms. The molecule has 0 saturated carbocycles. The number of amides is 1. The van der Waals surface area contributed by atoms with Gasteiger partial charge in [0, 0.05) is 23.6 Å². The zero-order valence-corrected chi connectivity index (χ0v) is 13.2. The van der Waals surface area contributed by atoms with E-state index in [-0.39, 0.29) is 5.91 Å². The molecule has 3 aromatic rings. The van der Waals surface area contributed by atoms with E-state index in [9.17, 15) is 4.79 Å². The van der Waals surface area contributed by atoms with Gasteiger partial charge in [0.15, 0.2) is 5.82 Å². The highest BCUT2D eigenvalue weighted by molar-refractivity contribution is 5.94. The minimum absolute atomic E-state index is 0.179. The molecular weight excluding hydrogens is 304 g/mol. The van der Waals surface area contributed by atoms with Gasteiger partial charge in [-0.2, -0.15) is 5.10 Å². The molecule has 1 amide bonds. The van der Waals surface area contributed by atoms with Gasteiger partial charge in [0.05, 0.1) is 12.6 Å². The number of methoxy groups -OCH3 is 1. The highest BCUT2D eigenvalue weighted by atomic mass is 16.5. The standard InChI is InChI=1S/C18H18N4O2/c1-24-16-5-3-2-4-13(16)11-20-17(23)9-7-12-6-8-15-14(10-12)18(19)22-21-15/h2-10H,11H2,1H3,(H,20,23)(H3,19,21,22)/b9-7+. The lowest BCUT2D eigenvalue weighted by Gasteiger charge is -2.08. The molecule has 1 heterocycles. The van der Waals surface area contributed by atoms with Crippen LogP contribution in [0.15, 0.2) is 48.5 Å². The summed E-state index contributed by atoms with van der Waals surface area (Å²) in [5, 5.41) is 10.5. The molecule has 0 unspecified atom stereocenters. The quantitative estimate of drug-likeness (QED) is 0.629. The van der Waals surface area contributed by atoms with Crippen molar-refractivity contribution in [3.63, 3.8) is 0 Å². The Hall–Kier alpha value is -3.28. The average molecular weight is 322 g/mol. The van der Waals surface area contributed by atoms with Crippen molar-refractivity contribution in [2.75, 3.05) is 12.8 Å². The number of hydrogen-bond donors (Lipinski definition) is 3. The maximum absolute atomic E-state index is 12.0. The van der Waals surface area contributed by atoms with E-state index in [0.717, 1.165) is 27.8 Å². The fourth-order valence-electron chi connectivity index (χ4n) is 2.42. The van der Waals surface area contributed by atoms with Crippen LogP contribution in [0.25, 0.3) is 17.0 Å². The van der Waals surface area contributed by atoms with Crippen LogP contribution in [0.1, 0.15) is 11.1 Å². The molecule has 1 aromatic heterocycles. The number of nitrogens with zero attached hydrogens (tertiary/aromatic N) is 1. The summed E-state index contributed by atoms with van der Waals surface area (Å²) in [6, 6.07) is 13.2. The molecular formula is C18H18N4O2. The van der Waals surface area contributed by atoms with E-state index in [1.807, 2.05) is 42.5 Å². The second kappa shape index (κ2) is 6.87. The Labute approximate surface area is 139 Å². The first kappa shape index (κ1) is 15.6. The summed E-state index contributed by atoms with van der Waals surface area (Å²) in [4.78, 5) is 12.0. The molecule has 0 saturated heterocycles. The number of H-pyrrole nitrogens is 1. The number of hydrogen-bond acceptors (Lipinski definition) is 4. The van der Waals surface area contributed by atoms with E-state index < -0.39 is 0 Å². The number of aromatic nitrogens is 2. The van der Waals surface area contributed by atoms with E-state index in [0.29, 0.717) is 12.4 Å². The van der Waals surface area contributed by atoms with Crippen LogP contribution in [0, 0.1) is 0 Å². The van der Waals surface area contributed by atoms with Gasteiger partial charge in [0.25, 0.3) is 0 Å². The fourth-order valence-corrected chi connectivity index (χ4v) is 2.42. The van der Waals surface area contributed by atoms with E-state index in [1.54, 1.807) is 13.2 Å². The van der Waals surface area contributed by atoms with Crippen LogP contribution >= 0.6 is 0 Å². The van der Waals surface area contributed by atoms with Crippen molar-refractivity contribution >= 4 is 28.7 Å². The number of nitrogens with one attached hydrogen (secondary N) is 2. The largest absolute Gasteiger partial charge is 0.496 e. The summed E-state index contributed by atoms with van der Waals surface area (Å²) in [6.45, 7) is 0.404. The second-order valence-corrected chi connectivity index (χ2v) is 5.28. The maximum atomic E-state index is 12.0. The molecule has 6 heteroatoms. The Morgan fingerprint density at radius 3 is 3.00 bits per heavy atom. The number of fused-ring (bicyclic) bond motifs is 1. The monoisotopic (exact) mass is 322 g/mol. The molecule has 4 N–H and O–H groups in total. The number of carbonyl (C=O) groups is 1. The van der Waals surface area contributed by atoms with Crippen LogP contribution in [0.4, 0.5) is 5.82 Å². The molecule has 0 aliphatic heterocycles. The van der Waals surface area contributed by atoms with Crippen LogP contribution in [-0.2, 0) is 11.3 Å². The number of carbonyl (C=O) groups excluding carboxylic acids is 1. The number of anilines is 1. The summed E-state index contributed by atoms with van der Waals surface area (Å²) < 4.78 is 5.26.